The molecule has 1 aliphatic heterocycles. The number of hydrogen-bond donors (Lipinski definition) is 2. The molecule has 1 amide bonds. The Balaban J connectivity index is 1.70. The van der Waals surface area contributed by atoms with Crippen LogP contribution in [0.15, 0.2) is 69.7 Å². The topological polar surface area (TPSA) is 100.0 Å². The van der Waals surface area contributed by atoms with Gasteiger partial charge in [0.05, 0.1) is 0 Å². The molecule has 2 N–H and O–H groups in total. The minimum absolute atomic E-state index is 0.108. The van der Waals surface area contributed by atoms with E-state index in [0.29, 0.717) is 19.3 Å². The third-order valence-electron chi connectivity index (χ3n) is 4.90. The lowest BCUT2D eigenvalue weighted by molar-refractivity contribution is -0.122. The predicted molar refractivity (Wildman–Crippen MR) is 114 cm³/mol. The maximum absolute atomic E-state index is 14.1. The zero-order valence-electron chi connectivity index (χ0n) is 16.8. The smallest absolute Gasteiger partial charge is 0.244 e. The first-order valence-corrected chi connectivity index (χ1v) is 11.3. The number of halogens is 1. The first-order chi connectivity index (χ1) is 14.9. The quantitative estimate of drug-likeness (QED) is 0.524. The summed E-state index contributed by atoms with van der Waals surface area (Å²) >= 11 is 0. The molecule has 7 nitrogen and oxygen atoms in total. The Labute approximate surface area is 181 Å². The van der Waals surface area contributed by atoms with E-state index < -0.39 is 38.3 Å². The summed E-state index contributed by atoms with van der Waals surface area (Å²) in [6, 6.07) is 12.9. The Morgan fingerprint density at radius 1 is 1.10 bits per heavy atom. The minimum atomic E-state index is -4.25. The van der Waals surface area contributed by atoms with Crippen LogP contribution in [0.4, 0.5) is 4.39 Å². The van der Waals surface area contributed by atoms with Gasteiger partial charge in [-0.15, -0.1) is 12.3 Å². The number of carbonyl (C=O) groups is 1. The first-order valence-electron chi connectivity index (χ1n) is 9.81. The van der Waals surface area contributed by atoms with E-state index in [2.05, 4.69) is 26.2 Å². The molecule has 9 heteroatoms. The molecule has 0 radical (unpaired) electrons. The van der Waals surface area contributed by atoms with E-state index in [9.17, 15) is 17.6 Å². The summed E-state index contributed by atoms with van der Waals surface area (Å²) in [7, 11) is -4.25. The van der Waals surface area contributed by atoms with Crippen molar-refractivity contribution in [1.29, 1.82) is 0 Å². The van der Waals surface area contributed by atoms with Gasteiger partial charge < -0.3 is 5.32 Å². The van der Waals surface area contributed by atoms with Gasteiger partial charge in [0, 0.05) is 25.8 Å². The zero-order valence-corrected chi connectivity index (χ0v) is 17.6. The number of nitrogens with zero attached hydrogens (tertiary/aromatic N) is 2. The second-order valence-electron chi connectivity index (χ2n) is 7.22. The molecule has 3 rings (SSSR count). The van der Waals surface area contributed by atoms with E-state index in [1.165, 1.54) is 12.1 Å². The fourth-order valence-electron chi connectivity index (χ4n) is 3.13. The summed E-state index contributed by atoms with van der Waals surface area (Å²) in [5.74, 6) is 1.13. The van der Waals surface area contributed by atoms with Gasteiger partial charge in [-0.2, -0.15) is 15.0 Å². The molecule has 162 valence electrons. The van der Waals surface area contributed by atoms with E-state index in [0.717, 1.165) is 17.7 Å². The molecule has 2 aromatic rings. The van der Waals surface area contributed by atoms with E-state index in [4.69, 9.17) is 6.42 Å². The number of amides is 1. The average molecular weight is 443 g/mol. The number of sulfonamides is 1. The summed E-state index contributed by atoms with van der Waals surface area (Å²) in [4.78, 5) is 12.3. The van der Waals surface area contributed by atoms with Crippen LogP contribution in [-0.4, -0.2) is 32.6 Å². The van der Waals surface area contributed by atoms with Crippen molar-refractivity contribution >= 4 is 15.9 Å². The lowest BCUT2D eigenvalue weighted by Gasteiger charge is -2.19. The van der Waals surface area contributed by atoms with Crippen molar-refractivity contribution in [2.24, 2.45) is 10.2 Å². The van der Waals surface area contributed by atoms with Crippen LogP contribution in [-0.2, 0) is 21.2 Å². The van der Waals surface area contributed by atoms with Gasteiger partial charge in [-0.25, -0.2) is 12.8 Å². The van der Waals surface area contributed by atoms with Crippen LogP contribution in [0.5, 0.6) is 0 Å². The Kier molecular flexibility index (Phi) is 7.15. The van der Waals surface area contributed by atoms with E-state index in [1.807, 2.05) is 6.07 Å². The van der Waals surface area contributed by atoms with Gasteiger partial charge in [0.1, 0.15) is 16.8 Å². The van der Waals surface area contributed by atoms with Gasteiger partial charge in [0.15, 0.2) is 5.66 Å². The largest absolute Gasteiger partial charge is 0.355 e. The highest BCUT2D eigenvalue weighted by Gasteiger charge is 2.39. The normalized spacial score (nSPS) is 15.1. The highest BCUT2D eigenvalue weighted by molar-refractivity contribution is 7.89. The van der Waals surface area contributed by atoms with Crippen LogP contribution in [0.3, 0.4) is 0 Å². The van der Waals surface area contributed by atoms with Gasteiger partial charge in [0.2, 0.25) is 15.9 Å². The molecule has 0 aliphatic carbocycles. The van der Waals surface area contributed by atoms with Crippen LogP contribution >= 0.6 is 0 Å². The van der Waals surface area contributed by atoms with Crippen LogP contribution in [0, 0.1) is 18.2 Å². The van der Waals surface area contributed by atoms with Crippen LogP contribution in [0.2, 0.25) is 0 Å². The number of rotatable bonds is 11. The van der Waals surface area contributed by atoms with Crippen LogP contribution in [0.25, 0.3) is 0 Å². The zero-order chi connectivity index (χ0) is 22.3. The maximum Gasteiger partial charge on any atom is 0.244 e. The molecule has 31 heavy (non-hydrogen) atoms. The van der Waals surface area contributed by atoms with E-state index >= 15 is 0 Å². The molecular weight excluding hydrogens is 419 g/mol. The fraction of sp³-hybridized carbons (Fsp3) is 0.318. The molecule has 0 saturated heterocycles. The summed E-state index contributed by atoms with van der Waals surface area (Å²) in [6.45, 7) is 0.253. The summed E-state index contributed by atoms with van der Waals surface area (Å²) in [6.07, 6.45) is 6.99. The lowest BCUT2D eigenvalue weighted by atomic mass is 10.0. The third kappa shape index (κ3) is 6.20. The van der Waals surface area contributed by atoms with Gasteiger partial charge >= 0.3 is 0 Å². The van der Waals surface area contributed by atoms with Crippen LogP contribution in [0.1, 0.15) is 24.8 Å². The molecule has 0 saturated carbocycles. The minimum Gasteiger partial charge on any atom is -0.355 e. The second-order valence-corrected chi connectivity index (χ2v) is 8.90. The first kappa shape index (κ1) is 22.6. The second kappa shape index (κ2) is 9.81. The van der Waals surface area contributed by atoms with Crippen molar-refractivity contribution in [1.82, 2.24) is 10.0 Å². The molecule has 1 heterocycles. The molecule has 0 bridgehead atoms. The average Bonchev–Trinajstić information content (AvgIpc) is 3.52. The van der Waals surface area contributed by atoms with Crippen molar-refractivity contribution in [3.63, 3.8) is 0 Å². The Morgan fingerprint density at radius 2 is 1.77 bits per heavy atom. The van der Waals surface area contributed by atoms with Crippen molar-refractivity contribution in [3.05, 3.63) is 66.0 Å². The van der Waals surface area contributed by atoms with Gasteiger partial charge in [0.25, 0.3) is 0 Å². The maximum atomic E-state index is 14.1. The van der Waals surface area contributed by atoms with Crippen LogP contribution < -0.4 is 10.0 Å². The number of hydrogen-bond acceptors (Lipinski definition) is 5. The molecule has 1 atom stereocenters. The molecule has 2 aromatic carbocycles. The summed E-state index contributed by atoms with van der Waals surface area (Å²) < 4.78 is 41.9. The number of carbonyl (C=O) groups excluding carboxylic acids is 1. The number of nitrogens with one attached hydrogen (secondary N) is 2. The Hall–Kier alpha value is -3.09. The van der Waals surface area contributed by atoms with Crippen molar-refractivity contribution in [2.45, 2.75) is 42.3 Å². The molecule has 0 fully saturated rings. The molecular formula is C22H23FN4O3S. The lowest BCUT2D eigenvalue weighted by Crippen LogP contribution is -2.48. The van der Waals surface area contributed by atoms with E-state index in [-0.39, 0.29) is 13.0 Å². The highest BCUT2D eigenvalue weighted by atomic mass is 32.2. The standard InChI is InChI=1S/C22H23FN4O3S/c1-2-3-13-22(26-27-22)14-15-24-21(28)19(16-17-9-5-4-6-10-17)25-31(29,30)20-12-8-7-11-18(20)23/h1,4-12,19,25H,3,13-16H2,(H,24,28). The molecule has 1 aliphatic rings. The highest BCUT2D eigenvalue weighted by Crippen LogP contribution is 2.36. The van der Waals surface area contributed by atoms with Gasteiger partial charge in [-0.1, -0.05) is 42.5 Å². The van der Waals surface area contributed by atoms with Crippen molar-refractivity contribution in [2.75, 3.05) is 6.54 Å². The predicted octanol–water partition coefficient (Wildman–Crippen LogP) is 2.80. The SMILES string of the molecule is C#CCCC1(CCNC(=O)C(Cc2ccccc2)NS(=O)(=O)c2ccccc2F)N=N1. The Morgan fingerprint density at radius 3 is 2.42 bits per heavy atom. The van der Waals surface area contributed by atoms with Crippen molar-refractivity contribution < 1.29 is 17.6 Å². The van der Waals surface area contributed by atoms with Gasteiger partial charge in [-0.05, 0) is 24.1 Å². The van der Waals surface area contributed by atoms with Crippen molar-refractivity contribution in [3.8, 4) is 12.3 Å². The Bertz CT molecular complexity index is 1090. The van der Waals surface area contributed by atoms with E-state index in [1.54, 1.807) is 24.3 Å². The van der Waals surface area contributed by atoms with Gasteiger partial charge in [-0.3, -0.25) is 4.79 Å². The summed E-state index contributed by atoms with van der Waals surface area (Å²) in [5.41, 5.74) is 0.206. The fourth-order valence-corrected chi connectivity index (χ4v) is 4.40. The number of terminal acetylenes is 1. The molecule has 0 aromatic heterocycles. The summed E-state index contributed by atoms with van der Waals surface area (Å²) in [5, 5.41) is 10.8. The molecule has 0 spiro atoms. The molecule has 1 unspecified atom stereocenters. The number of benzene rings is 2. The monoisotopic (exact) mass is 442 g/mol. The third-order valence-corrected chi connectivity index (χ3v) is 6.40.